The Labute approximate surface area is 118 Å². The molecule has 0 nitrogen and oxygen atoms in total. The molecule has 2 rings (SSSR count). The van der Waals surface area contributed by atoms with Crippen LogP contribution in [-0.2, 0) is 0 Å². The molecule has 0 aromatic carbocycles. The van der Waals surface area contributed by atoms with Gasteiger partial charge in [-0.25, -0.2) is 0 Å². The molecular formula is C16H18S2. The monoisotopic (exact) mass is 274 g/mol. The van der Waals surface area contributed by atoms with Gasteiger partial charge in [-0.15, -0.1) is 11.3 Å². The second kappa shape index (κ2) is 8.67. The van der Waals surface area contributed by atoms with Crippen LogP contribution in [-0.4, -0.2) is 0 Å². The summed E-state index contributed by atoms with van der Waals surface area (Å²) in [6.45, 7) is 7.87. The van der Waals surface area contributed by atoms with Crippen LogP contribution in [0.3, 0.4) is 0 Å². The van der Waals surface area contributed by atoms with Gasteiger partial charge in [0.15, 0.2) is 0 Å². The molecule has 0 aliphatic rings. The van der Waals surface area contributed by atoms with E-state index in [4.69, 9.17) is 0 Å². The van der Waals surface area contributed by atoms with E-state index in [0.717, 1.165) is 0 Å². The molecule has 0 saturated heterocycles. The minimum Gasteiger partial charge on any atom is -0.152 e. The predicted molar refractivity (Wildman–Crippen MR) is 86.4 cm³/mol. The fourth-order valence-corrected chi connectivity index (χ4v) is 2.54. The first-order chi connectivity index (χ1) is 8.74. The number of aryl methyl sites for hydroxylation is 1. The first-order valence-corrected chi connectivity index (χ1v) is 7.50. The Morgan fingerprint density at radius 2 is 1.89 bits per heavy atom. The van der Waals surface area contributed by atoms with E-state index in [1.165, 1.54) is 15.3 Å². The molecule has 0 aliphatic carbocycles. The Hall–Kier alpha value is -1.38. The van der Waals surface area contributed by atoms with Gasteiger partial charge in [0.2, 0.25) is 0 Å². The number of rotatable bonds is 3. The highest BCUT2D eigenvalue weighted by atomic mass is 32.1. The van der Waals surface area contributed by atoms with Crippen molar-refractivity contribution < 1.29 is 0 Å². The van der Waals surface area contributed by atoms with Gasteiger partial charge in [-0.2, -0.15) is 11.3 Å². The summed E-state index contributed by atoms with van der Waals surface area (Å²) in [6.07, 6.45) is 7.83. The summed E-state index contributed by atoms with van der Waals surface area (Å²) in [5.74, 6) is 0. The molecule has 0 N–H and O–H groups in total. The molecule has 0 radical (unpaired) electrons. The maximum Gasteiger partial charge on any atom is 0.0302 e. The average Bonchev–Trinajstić information content (AvgIpc) is 3.02. The number of allylic oxidation sites excluding steroid dienone is 5. The molecule has 0 amide bonds. The van der Waals surface area contributed by atoms with Gasteiger partial charge in [0.1, 0.15) is 0 Å². The van der Waals surface area contributed by atoms with Gasteiger partial charge in [0.25, 0.3) is 0 Å². The van der Waals surface area contributed by atoms with E-state index in [1.807, 2.05) is 46.4 Å². The van der Waals surface area contributed by atoms with Crippen molar-refractivity contribution in [2.45, 2.75) is 13.8 Å². The van der Waals surface area contributed by atoms with Crippen LogP contribution in [0.1, 0.15) is 16.7 Å². The van der Waals surface area contributed by atoms with E-state index >= 15 is 0 Å². The minimum atomic E-state index is 1.30. The molecule has 2 aromatic rings. The lowest BCUT2D eigenvalue weighted by Crippen LogP contribution is -1.68. The zero-order chi connectivity index (χ0) is 13.2. The molecule has 0 saturated carbocycles. The molecule has 94 valence electrons. The molecule has 0 spiro atoms. The van der Waals surface area contributed by atoms with E-state index in [1.54, 1.807) is 17.4 Å². The Kier molecular flexibility index (Phi) is 7.07. The van der Waals surface area contributed by atoms with Crippen LogP contribution in [0.25, 0.3) is 5.57 Å². The van der Waals surface area contributed by atoms with Gasteiger partial charge in [-0.1, -0.05) is 43.0 Å². The van der Waals surface area contributed by atoms with Crippen LogP contribution >= 0.6 is 22.7 Å². The van der Waals surface area contributed by atoms with E-state index in [0.29, 0.717) is 0 Å². The predicted octanol–water partition coefficient (Wildman–Crippen LogP) is 5.95. The van der Waals surface area contributed by atoms with Crippen molar-refractivity contribution >= 4 is 28.2 Å². The van der Waals surface area contributed by atoms with Gasteiger partial charge >= 0.3 is 0 Å². The van der Waals surface area contributed by atoms with Crippen molar-refractivity contribution in [2.75, 3.05) is 0 Å². The van der Waals surface area contributed by atoms with E-state index in [9.17, 15) is 0 Å². The Balaban J connectivity index is 0.000000269. The van der Waals surface area contributed by atoms with Crippen LogP contribution in [0.15, 0.2) is 65.9 Å². The molecule has 0 unspecified atom stereocenters. The van der Waals surface area contributed by atoms with Crippen molar-refractivity contribution in [3.05, 3.63) is 75.7 Å². The standard InChI is InChI=1S/C12H14S.C4H4S/c1-4-5-6-7-10(2)12-9-8-11(3)13-12;1-2-4-5-3-1/h4-9H,1H2,2-3H3;1-4H/b6-5-,10-7+;. The topological polar surface area (TPSA) is 0 Å². The fourth-order valence-electron chi connectivity index (χ4n) is 1.23. The van der Waals surface area contributed by atoms with Gasteiger partial charge in [-0.3, -0.25) is 0 Å². The zero-order valence-electron chi connectivity index (χ0n) is 10.8. The fraction of sp³-hybridized carbons (Fsp3) is 0.125. The van der Waals surface area contributed by atoms with E-state index < -0.39 is 0 Å². The molecule has 2 aromatic heterocycles. The third-order valence-electron chi connectivity index (χ3n) is 2.15. The summed E-state index contributed by atoms with van der Waals surface area (Å²) in [6, 6.07) is 8.34. The van der Waals surface area contributed by atoms with Crippen molar-refractivity contribution in [1.82, 2.24) is 0 Å². The number of thiophene rings is 2. The molecule has 2 heteroatoms. The molecule has 0 fully saturated rings. The Morgan fingerprint density at radius 1 is 1.17 bits per heavy atom. The van der Waals surface area contributed by atoms with E-state index in [2.05, 4.69) is 38.6 Å². The first-order valence-electron chi connectivity index (χ1n) is 5.74. The molecule has 0 aliphatic heterocycles. The molecular weight excluding hydrogens is 256 g/mol. The second-order valence-corrected chi connectivity index (χ2v) is 5.78. The average molecular weight is 274 g/mol. The SMILES string of the molecule is C=C/C=C\C=C(/C)c1ccc(C)s1.c1ccsc1. The molecule has 2 heterocycles. The Morgan fingerprint density at radius 3 is 2.33 bits per heavy atom. The van der Waals surface area contributed by atoms with Gasteiger partial charge in [0, 0.05) is 9.75 Å². The normalized spacial score (nSPS) is 11.1. The van der Waals surface area contributed by atoms with Gasteiger partial charge < -0.3 is 0 Å². The summed E-state index contributed by atoms with van der Waals surface area (Å²) in [5, 5.41) is 4.08. The van der Waals surface area contributed by atoms with E-state index in [-0.39, 0.29) is 0 Å². The highest BCUT2D eigenvalue weighted by molar-refractivity contribution is 7.13. The minimum absolute atomic E-state index is 1.30. The maximum absolute atomic E-state index is 3.62. The lowest BCUT2D eigenvalue weighted by Gasteiger charge is -1.92. The van der Waals surface area contributed by atoms with Crippen LogP contribution < -0.4 is 0 Å². The number of hydrogen-bond acceptors (Lipinski definition) is 2. The van der Waals surface area contributed by atoms with Gasteiger partial charge in [-0.05, 0) is 42.3 Å². The summed E-state index contributed by atoms with van der Waals surface area (Å²) in [7, 11) is 0. The highest BCUT2D eigenvalue weighted by Gasteiger charge is 1.96. The van der Waals surface area contributed by atoms with Crippen molar-refractivity contribution in [2.24, 2.45) is 0 Å². The third kappa shape index (κ3) is 5.80. The van der Waals surface area contributed by atoms with Gasteiger partial charge in [0.05, 0.1) is 0 Å². The highest BCUT2D eigenvalue weighted by Crippen LogP contribution is 2.22. The third-order valence-corrected chi connectivity index (χ3v) is 3.91. The first kappa shape index (κ1) is 14.7. The summed E-state index contributed by atoms with van der Waals surface area (Å²) in [4.78, 5) is 2.70. The van der Waals surface area contributed by atoms with Crippen LogP contribution in [0.4, 0.5) is 0 Å². The summed E-state index contributed by atoms with van der Waals surface area (Å²) in [5.41, 5.74) is 1.30. The van der Waals surface area contributed by atoms with Crippen molar-refractivity contribution in [1.29, 1.82) is 0 Å². The second-order valence-electron chi connectivity index (χ2n) is 3.67. The van der Waals surface area contributed by atoms with Crippen molar-refractivity contribution in [3.63, 3.8) is 0 Å². The molecule has 0 atom stereocenters. The Bertz CT molecular complexity index is 482. The molecule has 0 bridgehead atoms. The summed E-state index contributed by atoms with van der Waals surface area (Å²) >= 11 is 3.54. The maximum atomic E-state index is 3.62. The lowest BCUT2D eigenvalue weighted by molar-refractivity contribution is 1.64. The smallest absolute Gasteiger partial charge is 0.0302 e. The quantitative estimate of drug-likeness (QED) is 0.607. The molecule has 18 heavy (non-hydrogen) atoms. The van der Waals surface area contributed by atoms with Crippen LogP contribution in [0.2, 0.25) is 0 Å². The van der Waals surface area contributed by atoms with Crippen LogP contribution in [0, 0.1) is 6.92 Å². The zero-order valence-corrected chi connectivity index (χ0v) is 12.4. The largest absolute Gasteiger partial charge is 0.152 e. The number of hydrogen-bond donors (Lipinski definition) is 0. The summed E-state index contributed by atoms with van der Waals surface area (Å²) < 4.78 is 0. The van der Waals surface area contributed by atoms with Crippen molar-refractivity contribution in [3.8, 4) is 0 Å². The van der Waals surface area contributed by atoms with Crippen LogP contribution in [0.5, 0.6) is 0 Å². The lowest BCUT2D eigenvalue weighted by atomic mass is 10.2.